The highest BCUT2D eigenvalue weighted by Crippen LogP contribution is 2.48. The molecular formula is C19H22FN5O. The lowest BCUT2D eigenvalue weighted by molar-refractivity contribution is 0.366. The lowest BCUT2D eigenvalue weighted by atomic mass is 9.95. The number of hydrogen-bond acceptors (Lipinski definition) is 4. The van der Waals surface area contributed by atoms with Gasteiger partial charge in [0.2, 0.25) is 5.95 Å². The first kappa shape index (κ1) is 16.8. The normalized spacial score (nSPS) is 16.0. The van der Waals surface area contributed by atoms with E-state index in [1.54, 1.807) is 10.7 Å². The molecule has 1 aliphatic rings. The maximum Gasteiger partial charge on any atom is 0.263 e. The van der Waals surface area contributed by atoms with Crippen LogP contribution in [0, 0.1) is 5.82 Å². The van der Waals surface area contributed by atoms with Crippen LogP contribution < -0.4 is 10.9 Å². The first-order chi connectivity index (χ1) is 12.3. The third-order valence-corrected chi connectivity index (χ3v) is 4.97. The number of halogens is 1. The molecule has 2 aromatic heterocycles. The summed E-state index contributed by atoms with van der Waals surface area (Å²) in [5.74, 6) is 0.200. The van der Waals surface area contributed by atoms with Crippen LogP contribution in [0.2, 0.25) is 0 Å². The van der Waals surface area contributed by atoms with Crippen LogP contribution in [0.1, 0.15) is 39.2 Å². The van der Waals surface area contributed by atoms with Crippen molar-refractivity contribution < 1.29 is 4.39 Å². The highest BCUT2D eigenvalue weighted by atomic mass is 19.1. The van der Waals surface area contributed by atoms with Gasteiger partial charge in [-0.3, -0.25) is 9.78 Å². The average Bonchev–Trinajstić information content (AvgIpc) is 3.22. The molecule has 0 saturated heterocycles. The molecule has 4 rings (SSSR count). The molecule has 1 aliphatic carbocycles. The Labute approximate surface area is 150 Å². The molecule has 7 heteroatoms. The van der Waals surface area contributed by atoms with E-state index in [0.29, 0.717) is 23.5 Å². The summed E-state index contributed by atoms with van der Waals surface area (Å²) in [6.45, 7) is 6.54. The molecule has 0 amide bonds. The maximum absolute atomic E-state index is 14.2. The Hall–Kier alpha value is -2.70. The van der Waals surface area contributed by atoms with E-state index in [1.807, 2.05) is 32.9 Å². The van der Waals surface area contributed by atoms with Crippen molar-refractivity contribution in [3.05, 3.63) is 52.2 Å². The van der Waals surface area contributed by atoms with E-state index in [0.717, 1.165) is 18.4 Å². The number of nitrogens with zero attached hydrogens (tertiary/aromatic N) is 3. The zero-order valence-electron chi connectivity index (χ0n) is 15.1. The van der Waals surface area contributed by atoms with Crippen molar-refractivity contribution in [3.8, 4) is 0 Å². The van der Waals surface area contributed by atoms with Gasteiger partial charge in [-0.15, -0.1) is 0 Å². The summed E-state index contributed by atoms with van der Waals surface area (Å²) < 4.78 is 15.9. The average molecular weight is 355 g/mol. The Balaban J connectivity index is 1.64. The minimum atomic E-state index is -0.287. The number of anilines is 1. The summed E-state index contributed by atoms with van der Waals surface area (Å²) in [6.07, 6.45) is 3.36. The van der Waals surface area contributed by atoms with Crippen molar-refractivity contribution in [3.63, 3.8) is 0 Å². The molecule has 0 unspecified atom stereocenters. The summed E-state index contributed by atoms with van der Waals surface area (Å²) in [7, 11) is 0. The standard InChI is InChI=1S/C19H22FN5O/c1-18(2,3)25-15-12(10-22-25)16(26)24-17(23-15)21-11-19(8-9-19)13-6-4-5-7-14(13)20/h4-7,10H,8-9,11H2,1-3H3,(H2,21,23,24,26). The fourth-order valence-corrected chi connectivity index (χ4v) is 3.33. The first-order valence-corrected chi connectivity index (χ1v) is 8.78. The van der Waals surface area contributed by atoms with Crippen molar-refractivity contribution in [2.24, 2.45) is 0 Å². The van der Waals surface area contributed by atoms with Gasteiger partial charge in [0.1, 0.15) is 11.2 Å². The van der Waals surface area contributed by atoms with Gasteiger partial charge in [0.15, 0.2) is 5.65 Å². The third-order valence-electron chi connectivity index (χ3n) is 4.97. The summed E-state index contributed by atoms with van der Waals surface area (Å²) in [4.78, 5) is 19.7. The zero-order valence-corrected chi connectivity index (χ0v) is 15.1. The highest BCUT2D eigenvalue weighted by Gasteiger charge is 2.45. The third kappa shape index (κ3) is 2.77. The van der Waals surface area contributed by atoms with E-state index >= 15 is 0 Å². The maximum atomic E-state index is 14.2. The number of rotatable bonds is 4. The smallest absolute Gasteiger partial charge is 0.263 e. The van der Waals surface area contributed by atoms with Crippen LogP contribution in [0.3, 0.4) is 0 Å². The predicted molar refractivity (Wildman–Crippen MR) is 98.9 cm³/mol. The quantitative estimate of drug-likeness (QED) is 0.754. The fourth-order valence-electron chi connectivity index (χ4n) is 3.33. The van der Waals surface area contributed by atoms with Gasteiger partial charge in [-0.1, -0.05) is 18.2 Å². The van der Waals surface area contributed by atoms with E-state index in [1.165, 1.54) is 12.3 Å². The SMILES string of the molecule is CC(C)(C)n1ncc2c(=O)[nH]c(NCC3(c4ccccc4F)CC3)nc21. The van der Waals surface area contributed by atoms with Crippen LogP contribution in [-0.4, -0.2) is 26.3 Å². The van der Waals surface area contributed by atoms with Crippen molar-refractivity contribution in [2.75, 3.05) is 11.9 Å². The molecule has 1 saturated carbocycles. The lowest BCUT2D eigenvalue weighted by Gasteiger charge is -2.20. The topological polar surface area (TPSA) is 75.6 Å². The van der Waals surface area contributed by atoms with Crippen molar-refractivity contribution >= 4 is 17.0 Å². The molecule has 0 aliphatic heterocycles. The number of aromatic nitrogens is 4. The second-order valence-electron chi connectivity index (χ2n) is 7.99. The zero-order chi connectivity index (χ0) is 18.5. The van der Waals surface area contributed by atoms with E-state index in [2.05, 4.69) is 20.4 Å². The largest absolute Gasteiger partial charge is 0.355 e. The lowest BCUT2D eigenvalue weighted by Crippen LogP contribution is -2.26. The van der Waals surface area contributed by atoms with Gasteiger partial charge < -0.3 is 5.32 Å². The van der Waals surface area contributed by atoms with Crippen LogP contribution in [0.4, 0.5) is 10.3 Å². The Bertz CT molecular complexity index is 1030. The molecule has 0 atom stereocenters. The Kier molecular flexibility index (Phi) is 3.64. The molecule has 6 nitrogen and oxygen atoms in total. The van der Waals surface area contributed by atoms with Crippen LogP contribution in [-0.2, 0) is 11.0 Å². The molecule has 136 valence electrons. The first-order valence-electron chi connectivity index (χ1n) is 8.78. The van der Waals surface area contributed by atoms with Crippen LogP contribution in [0.25, 0.3) is 11.0 Å². The summed E-state index contributed by atoms with van der Waals surface area (Å²) in [5.41, 5.74) is 0.507. The molecule has 2 heterocycles. The molecule has 0 bridgehead atoms. The second-order valence-corrected chi connectivity index (χ2v) is 7.99. The van der Waals surface area contributed by atoms with E-state index < -0.39 is 0 Å². The number of H-pyrrole nitrogens is 1. The minimum Gasteiger partial charge on any atom is -0.355 e. The molecule has 0 radical (unpaired) electrons. The van der Waals surface area contributed by atoms with Gasteiger partial charge in [0, 0.05) is 12.0 Å². The van der Waals surface area contributed by atoms with Gasteiger partial charge in [-0.2, -0.15) is 10.1 Å². The van der Waals surface area contributed by atoms with E-state index in [9.17, 15) is 9.18 Å². The number of benzene rings is 1. The van der Waals surface area contributed by atoms with Gasteiger partial charge in [0.05, 0.1) is 11.7 Å². The summed E-state index contributed by atoms with van der Waals surface area (Å²) in [6, 6.07) is 6.87. The van der Waals surface area contributed by atoms with Crippen molar-refractivity contribution in [2.45, 2.75) is 44.6 Å². The number of hydrogen-bond donors (Lipinski definition) is 2. The minimum absolute atomic E-state index is 0.186. The number of nitrogens with one attached hydrogen (secondary N) is 2. The summed E-state index contributed by atoms with van der Waals surface area (Å²) >= 11 is 0. The van der Waals surface area contributed by atoms with Crippen LogP contribution in [0.15, 0.2) is 35.3 Å². The molecule has 26 heavy (non-hydrogen) atoms. The van der Waals surface area contributed by atoms with Gasteiger partial charge >= 0.3 is 0 Å². The van der Waals surface area contributed by atoms with Gasteiger partial charge in [-0.25, -0.2) is 9.07 Å². The van der Waals surface area contributed by atoms with Gasteiger partial charge in [0.25, 0.3) is 5.56 Å². The van der Waals surface area contributed by atoms with Crippen molar-refractivity contribution in [1.82, 2.24) is 19.7 Å². The molecule has 0 spiro atoms. The summed E-state index contributed by atoms with van der Waals surface area (Å²) in [5, 5.41) is 7.96. The highest BCUT2D eigenvalue weighted by molar-refractivity contribution is 5.74. The molecule has 1 fully saturated rings. The van der Waals surface area contributed by atoms with Crippen LogP contribution in [0.5, 0.6) is 0 Å². The fraction of sp³-hybridized carbons (Fsp3) is 0.421. The van der Waals surface area contributed by atoms with E-state index in [-0.39, 0.29) is 22.3 Å². The molecular weight excluding hydrogens is 333 g/mol. The monoisotopic (exact) mass is 355 g/mol. The van der Waals surface area contributed by atoms with Crippen molar-refractivity contribution in [1.29, 1.82) is 0 Å². The molecule has 3 aromatic rings. The molecule has 2 N–H and O–H groups in total. The van der Waals surface area contributed by atoms with Crippen LogP contribution >= 0.6 is 0 Å². The Morgan fingerprint density at radius 1 is 1.31 bits per heavy atom. The Morgan fingerprint density at radius 2 is 2.04 bits per heavy atom. The number of fused-ring (bicyclic) bond motifs is 1. The number of aromatic amines is 1. The van der Waals surface area contributed by atoms with Gasteiger partial charge in [-0.05, 0) is 45.2 Å². The predicted octanol–water partition coefficient (Wildman–Crippen LogP) is 3.16. The van der Waals surface area contributed by atoms with E-state index in [4.69, 9.17) is 0 Å². The molecule has 1 aromatic carbocycles. The Morgan fingerprint density at radius 3 is 2.69 bits per heavy atom. The second kappa shape index (κ2) is 5.65.